The SMILES string of the molecule is CC(C)N(CC1CC1)S(=O)(=O)c1ccc(S(=O)(=O)Cl)cc1. The fourth-order valence-corrected chi connectivity index (χ4v) is 4.53. The van der Waals surface area contributed by atoms with Crippen LogP contribution in [0.3, 0.4) is 0 Å². The van der Waals surface area contributed by atoms with E-state index in [1.807, 2.05) is 13.8 Å². The lowest BCUT2D eigenvalue weighted by atomic mass is 10.3. The Labute approximate surface area is 130 Å². The molecule has 1 aromatic carbocycles. The molecule has 21 heavy (non-hydrogen) atoms. The maximum Gasteiger partial charge on any atom is 0.261 e. The Hall–Kier alpha value is -0.630. The summed E-state index contributed by atoms with van der Waals surface area (Å²) < 4.78 is 49.1. The fourth-order valence-electron chi connectivity index (χ4n) is 2.05. The smallest absolute Gasteiger partial charge is 0.207 e. The van der Waals surface area contributed by atoms with Crippen molar-refractivity contribution < 1.29 is 16.8 Å². The van der Waals surface area contributed by atoms with E-state index >= 15 is 0 Å². The molecule has 0 N–H and O–H groups in total. The third-order valence-electron chi connectivity index (χ3n) is 3.42. The Morgan fingerprint density at radius 2 is 1.57 bits per heavy atom. The van der Waals surface area contributed by atoms with E-state index in [1.54, 1.807) is 0 Å². The Kier molecular flexibility index (Phi) is 4.68. The molecule has 0 unspecified atom stereocenters. The van der Waals surface area contributed by atoms with Crippen LogP contribution in [0.5, 0.6) is 0 Å². The lowest BCUT2D eigenvalue weighted by molar-refractivity contribution is 0.341. The zero-order valence-electron chi connectivity index (χ0n) is 11.9. The second-order valence-corrected chi connectivity index (χ2v) is 9.98. The van der Waals surface area contributed by atoms with Gasteiger partial charge in [0.1, 0.15) is 0 Å². The molecule has 1 aliphatic carbocycles. The van der Waals surface area contributed by atoms with Crippen LogP contribution in [0, 0.1) is 5.92 Å². The highest BCUT2D eigenvalue weighted by Gasteiger charge is 2.33. The highest BCUT2D eigenvalue weighted by atomic mass is 35.7. The molecule has 5 nitrogen and oxygen atoms in total. The normalized spacial score (nSPS) is 16.6. The molecule has 1 aliphatic rings. The first kappa shape index (κ1) is 16.7. The summed E-state index contributed by atoms with van der Waals surface area (Å²) in [7, 11) is -2.24. The second-order valence-electron chi connectivity index (χ2n) is 5.52. The van der Waals surface area contributed by atoms with Crippen molar-refractivity contribution >= 4 is 29.8 Å². The Balaban J connectivity index is 2.33. The van der Waals surface area contributed by atoms with Gasteiger partial charge in [-0.2, -0.15) is 4.31 Å². The first-order valence-corrected chi connectivity index (χ1v) is 10.4. The molecule has 8 heteroatoms. The first-order valence-electron chi connectivity index (χ1n) is 6.69. The summed E-state index contributed by atoms with van der Waals surface area (Å²) in [5, 5.41) is 0. The van der Waals surface area contributed by atoms with Crippen LogP contribution in [0.4, 0.5) is 0 Å². The van der Waals surface area contributed by atoms with Gasteiger partial charge in [-0.25, -0.2) is 16.8 Å². The lowest BCUT2D eigenvalue weighted by Gasteiger charge is -2.26. The highest BCUT2D eigenvalue weighted by Crippen LogP contribution is 2.32. The van der Waals surface area contributed by atoms with Crippen molar-refractivity contribution in [2.45, 2.75) is 42.5 Å². The quantitative estimate of drug-likeness (QED) is 0.738. The molecule has 1 aromatic rings. The van der Waals surface area contributed by atoms with Crippen LogP contribution in [0.25, 0.3) is 0 Å². The Bertz CT molecular complexity index is 707. The van der Waals surface area contributed by atoms with Gasteiger partial charge in [0.05, 0.1) is 9.79 Å². The number of sulfonamides is 1. The minimum absolute atomic E-state index is 0.0842. The molecule has 0 spiro atoms. The van der Waals surface area contributed by atoms with E-state index in [-0.39, 0.29) is 15.8 Å². The van der Waals surface area contributed by atoms with Crippen molar-refractivity contribution in [3.05, 3.63) is 24.3 Å². The maximum atomic E-state index is 12.6. The molecule has 0 saturated heterocycles. The predicted molar refractivity (Wildman–Crippen MR) is 81.2 cm³/mol. The van der Waals surface area contributed by atoms with Gasteiger partial charge in [-0.15, -0.1) is 0 Å². The van der Waals surface area contributed by atoms with E-state index in [1.165, 1.54) is 28.6 Å². The largest absolute Gasteiger partial charge is 0.261 e. The maximum absolute atomic E-state index is 12.6. The molecule has 2 rings (SSSR count). The van der Waals surface area contributed by atoms with Crippen molar-refractivity contribution in [2.75, 3.05) is 6.54 Å². The fraction of sp³-hybridized carbons (Fsp3) is 0.538. The number of benzene rings is 1. The topological polar surface area (TPSA) is 71.5 Å². The Morgan fingerprint density at radius 1 is 1.10 bits per heavy atom. The molecule has 0 heterocycles. The molecule has 1 saturated carbocycles. The number of hydrogen-bond donors (Lipinski definition) is 0. The van der Waals surface area contributed by atoms with Gasteiger partial charge < -0.3 is 0 Å². The Morgan fingerprint density at radius 3 is 1.95 bits per heavy atom. The van der Waals surface area contributed by atoms with Crippen LogP contribution >= 0.6 is 10.7 Å². The molecule has 0 aliphatic heterocycles. The minimum Gasteiger partial charge on any atom is -0.207 e. The van der Waals surface area contributed by atoms with Gasteiger partial charge in [-0.1, -0.05) is 0 Å². The summed E-state index contributed by atoms with van der Waals surface area (Å²) in [6.45, 7) is 4.17. The summed E-state index contributed by atoms with van der Waals surface area (Å²) >= 11 is 0. The molecule has 1 fully saturated rings. The molecular formula is C13H18ClNO4S2. The van der Waals surface area contributed by atoms with Crippen molar-refractivity contribution in [3.63, 3.8) is 0 Å². The summed E-state index contributed by atoms with van der Waals surface area (Å²) in [4.78, 5) is -0.0256. The molecular weight excluding hydrogens is 334 g/mol. The van der Waals surface area contributed by atoms with Gasteiger partial charge in [-0.3, -0.25) is 0 Å². The van der Waals surface area contributed by atoms with E-state index in [2.05, 4.69) is 0 Å². The van der Waals surface area contributed by atoms with E-state index in [0.29, 0.717) is 12.5 Å². The van der Waals surface area contributed by atoms with Crippen LogP contribution < -0.4 is 0 Å². The third kappa shape index (κ3) is 3.97. The lowest BCUT2D eigenvalue weighted by Crippen LogP contribution is -2.38. The molecule has 0 atom stereocenters. The number of nitrogens with zero attached hydrogens (tertiary/aromatic N) is 1. The highest BCUT2D eigenvalue weighted by molar-refractivity contribution is 8.13. The van der Waals surface area contributed by atoms with Gasteiger partial charge in [0.2, 0.25) is 10.0 Å². The van der Waals surface area contributed by atoms with Crippen LogP contribution in [-0.2, 0) is 19.1 Å². The monoisotopic (exact) mass is 351 g/mol. The molecule has 0 radical (unpaired) electrons. The van der Waals surface area contributed by atoms with Crippen LogP contribution in [0.15, 0.2) is 34.1 Å². The van der Waals surface area contributed by atoms with Gasteiger partial charge in [0.25, 0.3) is 9.05 Å². The standard InChI is InChI=1S/C13H18ClNO4S2/c1-10(2)15(9-11-3-4-11)21(18,19)13-7-5-12(6-8-13)20(14,16)17/h5-8,10-11H,3-4,9H2,1-2H3. The number of hydrogen-bond acceptors (Lipinski definition) is 4. The van der Waals surface area contributed by atoms with Crippen LogP contribution in [-0.4, -0.2) is 33.7 Å². The summed E-state index contributed by atoms with van der Waals surface area (Å²) in [6.07, 6.45) is 2.12. The summed E-state index contributed by atoms with van der Waals surface area (Å²) in [5.74, 6) is 0.435. The van der Waals surface area contributed by atoms with Gasteiger partial charge in [-0.05, 0) is 56.9 Å². The van der Waals surface area contributed by atoms with Crippen molar-refractivity contribution in [3.8, 4) is 0 Å². The van der Waals surface area contributed by atoms with Crippen molar-refractivity contribution in [2.24, 2.45) is 5.92 Å². The van der Waals surface area contributed by atoms with Gasteiger partial charge in [0, 0.05) is 23.3 Å². The number of rotatable bonds is 6. The predicted octanol–water partition coefficient (Wildman–Crippen LogP) is 2.42. The van der Waals surface area contributed by atoms with Crippen LogP contribution in [0.1, 0.15) is 26.7 Å². The van der Waals surface area contributed by atoms with Crippen molar-refractivity contribution in [1.82, 2.24) is 4.31 Å². The van der Waals surface area contributed by atoms with Crippen LogP contribution in [0.2, 0.25) is 0 Å². The molecule has 0 amide bonds. The molecule has 0 aromatic heterocycles. The minimum atomic E-state index is -3.85. The van der Waals surface area contributed by atoms with Gasteiger partial charge in [0.15, 0.2) is 0 Å². The van der Waals surface area contributed by atoms with E-state index in [0.717, 1.165) is 12.8 Å². The molecule has 0 bridgehead atoms. The second kappa shape index (κ2) is 5.87. The summed E-state index contributed by atoms with van der Waals surface area (Å²) in [5.41, 5.74) is 0. The van der Waals surface area contributed by atoms with Gasteiger partial charge >= 0.3 is 0 Å². The zero-order chi connectivity index (χ0) is 15.8. The third-order valence-corrected chi connectivity index (χ3v) is 6.85. The first-order chi connectivity index (χ1) is 9.62. The average molecular weight is 352 g/mol. The van der Waals surface area contributed by atoms with Crippen molar-refractivity contribution in [1.29, 1.82) is 0 Å². The van der Waals surface area contributed by atoms with E-state index < -0.39 is 19.1 Å². The van der Waals surface area contributed by atoms with E-state index in [4.69, 9.17) is 10.7 Å². The van der Waals surface area contributed by atoms with E-state index in [9.17, 15) is 16.8 Å². The molecule has 118 valence electrons. The average Bonchev–Trinajstić information content (AvgIpc) is 3.18. The number of halogens is 1. The summed E-state index contributed by atoms with van der Waals surface area (Å²) in [6, 6.07) is 4.85. The zero-order valence-corrected chi connectivity index (χ0v) is 14.2.